The topological polar surface area (TPSA) is 32.3 Å². The van der Waals surface area contributed by atoms with Crippen LogP contribution in [0.15, 0.2) is 22.7 Å². The van der Waals surface area contributed by atoms with E-state index in [0.29, 0.717) is 24.6 Å². The highest BCUT2D eigenvalue weighted by atomic mass is 79.9. The second-order valence-electron chi connectivity index (χ2n) is 4.16. The first-order valence-corrected chi connectivity index (χ1v) is 6.13. The minimum Gasteiger partial charge on any atom is -0.391 e. The quantitative estimate of drug-likeness (QED) is 0.873. The van der Waals surface area contributed by atoms with Gasteiger partial charge in [-0.25, -0.2) is 4.39 Å². The second-order valence-corrected chi connectivity index (χ2v) is 5.07. The van der Waals surface area contributed by atoms with E-state index in [9.17, 15) is 9.50 Å². The van der Waals surface area contributed by atoms with Gasteiger partial charge in [-0.1, -0.05) is 29.8 Å². The molecule has 1 atom stereocenters. The van der Waals surface area contributed by atoms with Crippen molar-refractivity contribution in [2.24, 2.45) is 0 Å². The number of aliphatic hydroxyl groups is 1. The third-order valence-corrected chi connectivity index (χ3v) is 2.72. The van der Waals surface area contributed by atoms with Crippen LogP contribution < -0.4 is 5.32 Å². The molecule has 1 rings (SSSR count). The van der Waals surface area contributed by atoms with E-state index >= 15 is 0 Å². The first-order valence-electron chi connectivity index (χ1n) is 5.34. The molecule has 1 unspecified atom stereocenters. The molecule has 0 aromatic heterocycles. The Morgan fingerprint density at radius 3 is 2.75 bits per heavy atom. The molecule has 0 amide bonds. The van der Waals surface area contributed by atoms with Crippen LogP contribution >= 0.6 is 15.9 Å². The molecule has 4 heteroatoms. The van der Waals surface area contributed by atoms with Gasteiger partial charge >= 0.3 is 0 Å². The number of hydrogen-bond acceptors (Lipinski definition) is 2. The lowest BCUT2D eigenvalue weighted by atomic mass is 10.1. The van der Waals surface area contributed by atoms with Crippen molar-refractivity contribution in [1.82, 2.24) is 5.32 Å². The van der Waals surface area contributed by atoms with E-state index in [2.05, 4.69) is 21.2 Å². The predicted molar refractivity (Wildman–Crippen MR) is 66.9 cm³/mol. The smallest absolute Gasteiger partial charge is 0.126 e. The number of nitrogens with one attached hydrogen (secondary N) is 1. The maximum absolute atomic E-state index is 13.4. The Bertz CT molecular complexity index is 344. The Morgan fingerprint density at radius 1 is 1.44 bits per heavy atom. The maximum Gasteiger partial charge on any atom is 0.126 e. The van der Waals surface area contributed by atoms with Gasteiger partial charge in [-0.3, -0.25) is 0 Å². The fourth-order valence-electron chi connectivity index (χ4n) is 1.40. The van der Waals surface area contributed by atoms with Crippen LogP contribution in [-0.2, 0) is 6.42 Å². The highest BCUT2D eigenvalue weighted by Gasteiger charge is 2.10. The van der Waals surface area contributed by atoms with E-state index in [1.807, 2.05) is 13.8 Å². The van der Waals surface area contributed by atoms with Gasteiger partial charge in [0.15, 0.2) is 0 Å². The van der Waals surface area contributed by atoms with Crippen molar-refractivity contribution in [3.8, 4) is 0 Å². The molecule has 0 radical (unpaired) electrons. The van der Waals surface area contributed by atoms with Crippen molar-refractivity contribution in [3.63, 3.8) is 0 Å². The Kier molecular flexibility index (Phi) is 5.38. The van der Waals surface area contributed by atoms with Crippen LogP contribution in [0.4, 0.5) is 4.39 Å². The third-order valence-electron chi connectivity index (χ3n) is 2.23. The fourth-order valence-corrected chi connectivity index (χ4v) is 1.81. The molecule has 0 aliphatic carbocycles. The molecule has 0 aliphatic heterocycles. The third kappa shape index (κ3) is 4.60. The Labute approximate surface area is 104 Å². The van der Waals surface area contributed by atoms with E-state index in [1.165, 1.54) is 6.07 Å². The standard InChI is InChI=1S/C12H17BrFNO/c1-8(2)15-7-11(16)6-9-5-10(13)3-4-12(9)14/h3-5,8,11,15-16H,6-7H2,1-2H3. The zero-order valence-corrected chi connectivity index (χ0v) is 11.1. The molecular weight excluding hydrogens is 273 g/mol. The lowest BCUT2D eigenvalue weighted by Gasteiger charge is -2.14. The van der Waals surface area contributed by atoms with Crippen molar-refractivity contribution in [3.05, 3.63) is 34.1 Å². The van der Waals surface area contributed by atoms with E-state index in [1.54, 1.807) is 12.1 Å². The summed E-state index contributed by atoms with van der Waals surface area (Å²) in [7, 11) is 0. The molecule has 0 bridgehead atoms. The molecule has 1 aromatic carbocycles. The Balaban J connectivity index is 2.55. The van der Waals surface area contributed by atoms with Crippen LogP contribution in [0.5, 0.6) is 0 Å². The van der Waals surface area contributed by atoms with Crippen molar-refractivity contribution in [2.75, 3.05) is 6.54 Å². The first-order chi connectivity index (χ1) is 7.49. The molecule has 0 spiro atoms. The molecule has 0 aliphatic rings. The van der Waals surface area contributed by atoms with Crippen molar-refractivity contribution in [2.45, 2.75) is 32.4 Å². The zero-order valence-electron chi connectivity index (χ0n) is 9.50. The Morgan fingerprint density at radius 2 is 2.12 bits per heavy atom. The average Bonchev–Trinajstić information content (AvgIpc) is 2.20. The van der Waals surface area contributed by atoms with Crippen LogP contribution in [0.3, 0.4) is 0 Å². The zero-order chi connectivity index (χ0) is 12.1. The summed E-state index contributed by atoms with van der Waals surface area (Å²) < 4.78 is 14.2. The van der Waals surface area contributed by atoms with E-state index in [0.717, 1.165) is 4.47 Å². The summed E-state index contributed by atoms with van der Waals surface area (Å²) in [5.41, 5.74) is 0.535. The highest BCUT2D eigenvalue weighted by Crippen LogP contribution is 2.16. The van der Waals surface area contributed by atoms with Crippen LogP contribution in [0.1, 0.15) is 19.4 Å². The van der Waals surface area contributed by atoms with Crippen LogP contribution in [0.25, 0.3) is 0 Å². The van der Waals surface area contributed by atoms with Gasteiger partial charge in [0, 0.05) is 23.5 Å². The average molecular weight is 290 g/mol. The minimum absolute atomic E-state index is 0.271. The summed E-state index contributed by atoms with van der Waals surface area (Å²) in [6, 6.07) is 5.08. The van der Waals surface area contributed by atoms with Gasteiger partial charge in [-0.15, -0.1) is 0 Å². The van der Waals surface area contributed by atoms with Gasteiger partial charge in [0.05, 0.1) is 6.10 Å². The number of aliphatic hydroxyl groups excluding tert-OH is 1. The van der Waals surface area contributed by atoms with Gasteiger partial charge in [0.25, 0.3) is 0 Å². The van der Waals surface area contributed by atoms with E-state index in [-0.39, 0.29) is 5.82 Å². The second kappa shape index (κ2) is 6.33. The summed E-state index contributed by atoms with van der Waals surface area (Å²) in [6.07, 6.45) is -0.239. The summed E-state index contributed by atoms with van der Waals surface area (Å²) in [6.45, 7) is 4.49. The molecular formula is C12H17BrFNO. The Hall–Kier alpha value is -0.450. The molecule has 0 heterocycles. The molecule has 0 saturated carbocycles. The lowest BCUT2D eigenvalue weighted by molar-refractivity contribution is 0.167. The monoisotopic (exact) mass is 289 g/mol. The van der Waals surface area contributed by atoms with E-state index < -0.39 is 6.10 Å². The largest absolute Gasteiger partial charge is 0.391 e. The molecule has 2 nitrogen and oxygen atoms in total. The van der Waals surface area contributed by atoms with Crippen molar-refractivity contribution >= 4 is 15.9 Å². The molecule has 0 fully saturated rings. The van der Waals surface area contributed by atoms with Crippen LogP contribution in [-0.4, -0.2) is 23.8 Å². The predicted octanol–water partition coefficient (Wildman–Crippen LogP) is 2.49. The fraction of sp³-hybridized carbons (Fsp3) is 0.500. The van der Waals surface area contributed by atoms with Gasteiger partial charge in [-0.05, 0) is 23.8 Å². The van der Waals surface area contributed by atoms with Crippen molar-refractivity contribution in [1.29, 1.82) is 0 Å². The highest BCUT2D eigenvalue weighted by molar-refractivity contribution is 9.10. The maximum atomic E-state index is 13.4. The number of benzene rings is 1. The summed E-state index contributed by atoms with van der Waals surface area (Å²) in [5, 5.41) is 12.8. The molecule has 0 saturated heterocycles. The summed E-state index contributed by atoms with van der Waals surface area (Å²) in [5.74, 6) is -0.271. The number of rotatable bonds is 5. The normalized spacial score (nSPS) is 13.1. The number of hydrogen-bond donors (Lipinski definition) is 2. The van der Waals surface area contributed by atoms with Gasteiger partial charge in [-0.2, -0.15) is 0 Å². The van der Waals surface area contributed by atoms with Crippen molar-refractivity contribution < 1.29 is 9.50 Å². The molecule has 16 heavy (non-hydrogen) atoms. The van der Waals surface area contributed by atoms with E-state index in [4.69, 9.17) is 0 Å². The lowest BCUT2D eigenvalue weighted by Crippen LogP contribution is -2.33. The SMILES string of the molecule is CC(C)NCC(O)Cc1cc(Br)ccc1F. The van der Waals surface area contributed by atoms with Crippen LogP contribution in [0.2, 0.25) is 0 Å². The van der Waals surface area contributed by atoms with Crippen LogP contribution in [0, 0.1) is 5.82 Å². The molecule has 2 N–H and O–H groups in total. The minimum atomic E-state index is -0.564. The summed E-state index contributed by atoms with van der Waals surface area (Å²) >= 11 is 3.28. The summed E-state index contributed by atoms with van der Waals surface area (Å²) in [4.78, 5) is 0. The van der Waals surface area contributed by atoms with Gasteiger partial charge < -0.3 is 10.4 Å². The molecule has 90 valence electrons. The van der Waals surface area contributed by atoms with Gasteiger partial charge in [0.1, 0.15) is 5.82 Å². The molecule has 1 aromatic rings. The number of halogens is 2. The van der Waals surface area contributed by atoms with Gasteiger partial charge in [0.2, 0.25) is 0 Å². The first kappa shape index (κ1) is 13.6.